The molecule has 0 aromatic heterocycles. The van der Waals surface area contributed by atoms with E-state index in [1.54, 1.807) is 0 Å². The lowest BCUT2D eigenvalue weighted by Crippen LogP contribution is -2.16. The summed E-state index contributed by atoms with van der Waals surface area (Å²) in [7, 11) is 0. The summed E-state index contributed by atoms with van der Waals surface area (Å²) in [6.45, 7) is 3.60. The molecule has 2 nitrogen and oxygen atoms in total. The molecule has 0 amide bonds. The van der Waals surface area contributed by atoms with Crippen LogP contribution in [-0.4, -0.2) is 12.4 Å². The van der Waals surface area contributed by atoms with Gasteiger partial charge in [0, 0.05) is 12.0 Å². The molecule has 0 unspecified atom stereocenters. The first-order valence-electron chi connectivity index (χ1n) is 4.72. The highest BCUT2D eigenvalue weighted by atomic mass is 35.5. The molecule has 0 bridgehead atoms. The van der Waals surface area contributed by atoms with Crippen LogP contribution < -0.4 is 4.74 Å². The molecule has 0 saturated heterocycles. The topological polar surface area (TPSA) is 26.3 Å². The predicted octanol–water partition coefficient (Wildman–Crippen LogP) is 4.25. The van der Waals surface area contributed by atoms with Crippen LogP contribution in [-0.2, 0) is 4.79 Å². The highest BCUT2D eigenvalue weighted by Crippen LogP contribution is 2.33. The molecule has 0 N–H and O–H groups in total. The van der Waals surface area contributed by atoms with E-state index in [1.165, 1.54) is 12.1 Å². The third kappa shape index (κ3) is 3.55. The average molecular weight is 282 g/mol. The number of rotatable bonds is 4. The third-order valence-corrected chi connectivity index (χ3v) is 3.01. The molecule has 0 aliphatic carbocycles. The molecular formula is C11H11Cl3O2. The smallest absolute Gasteiger partial charge is 0.172 e. The standard InChI is InChI=1S/C11H11Cl3O2/c1-6(2)10(15)5-16-11-4-8(13)7(12)3-9(11)14/h3-4,6H,5H2,1-2H3. The van der Waals surface area contributed by atoms with Crippen molar-refractivity contribution in [1.29, 1.82) is 0 Å². The molecule has 0 aliphatic heterocycles. The van der Waals surface area contributed by atoms with Crippen molar-refractivity contribution in [3.63, 3.8) is 0 Å². The molecule has 88 valence electrons. The van der Waals surface area contributed by atoms with E-state index in [0.29, 0.717) is 20.8 Å². The largest absolute Gasteiger partial charge is 0.484 e. The molecule has 16 heavy (non-hydrogen) atoms. The maximum Gasteiger partial charge on any atom is 0.172 e. The predicted molar refractivity (Wildman–Crippen MR) is 66.8 cm³/mol. The van der Waals surface area contributed by atoms with E-state index in [9.17, 15) is 4.79 Å². The van der Waals surface area contributed by atoms with Crippen LogP contribution in [0.4, 0.5) is 0 Å². The SMILES string of the molecule is CC(C)C(=O)COc1cc(Cl)c(Cl)cc1Cl. The van der Waals surface area contributed by atoms with Crippen LogP contribution in [0.2, 0.25) is 15.1 Å². The molecule has 0 fully saturated rings. The fourth-order valence-corrected chi connectivity index (χ4v) is 1.52. The average Bonchev–Trinajstić information content (AvgIpc) is 2.20. The summed E-state index contributed by atoms with van der Waals surface area (Å²) < 4.78 is 5.27. The van der Waals surface area contributed by atoms with Gasteiger partial charge in [-0.2, -0.15) is 0 Å². The van der Waals surface area contributed by atoms with E-state index in [1.807, 2.05) is 13.8 Å². The fraction of sp³-hybridized carbons (Fsp3) is 0.364. The third-order valence-electron chi connectivity index (χ3n) is 1.99. The second-order valence-electron chi connectivity index (χ2n) is 3.61. The van der Waals surface area contributed by atoms with Crippen molar-refractivity contribution in [3.05, 3.63) is 27.2 Å². The lowest BCUT2D eigenvalue weighted by atomic mass is 10.1. The summed E-state index contributed by atoms with van der Waals surface area (Å²) in [5.74, 6) is 0.300. The summed E-state index contributed by atoms with van der Waals surface area (Å²) in [6.07, 6.45) is 0. The van der Waals surface area contributed by atoms with Gasteiger partial charge >= 0.3 is 0 Å². The quantitative estimate of drug-likeness (QED) is 0.771. The number of carbonyl (C=O) groups excluding carboxylic acids is 1. The Morgan fingerprint density at radius 1 is 1.19 bits per heavy atom. The number of benzene rings is 1. The Labute approximate surface area is 109 Å². The Morgan fingerprint density at radius 3 is 2.31 bits per heavy atom. The fourth-order valence-electron chi connectivity index (χ4n) is 0.930. The van der Waals surface area contributed by atoms with Crippen molar-refractivity contribution in [1.82, 2.24) is 0 Å². The van der Waals surface area contributed by atoms with Crippen molar-refractivity contribution >= 4 is 40.6 Å². The Kier molecular flexibility index (Phi) is 4.90. The molecule has 1 aromatic rings. The second kappa shape index (κ2) is 5.76. The van der Waals surface area contributed by atoms with Crippen LogP contribution >= 0.6 is 34.8 Å². The number of carbonyl (C=O) groups is 1. The number of ether oxygens (including phenoxy) is 1. The Morgan fingerprint density at radius 2 is 1.75 bits per heavy atom. The minimum absolute atomic E-state index is 0.00198. The molecule has 5 heteroatoms. The first-order chi connectivity index (χ1) is 7.41. The van der Waals surface area contributed by atoms with Crippen molar-refractivity contribution in [2.24, 2.45) is 5.92 Å². The Hall–Kier alpha value is -0.440. The molecule has 0 atom stereocenters. The normalized spacial score (nSPS) is 10.6. The highest BCUT2D eigenvalue weighted by Gasteiger charge is 2.11. The van der Waals surface area contributed by atoms with Crippen molar-refractivity contribution in [3.8, 4) is 5.75 Å². The van der Waals surface area contributed by atoms with Crippen LogP contribution in [0.15, 0.2) is 12.1 Å². The van der Waals surface area contributed by atoms with Crippen molar-refractivity contribution in [2.75, 3.05) is 6.61 Å². The van der Waals surface area contributed by atoms with Gasteiger partial charge in [0.15, 0.2) is 5.78 Å². The summed E-state index contributed by atoms with van der Waals surface area (Å²) in [5.41, 5.74) is 0. The van der Waals surface area contributed by atoms with Gasteiger partial charge in [-0.25, -0.2) is 0 Å². The van der Waals surface area contributed by atoms with E-state index in [4.69, 9.17) is 39.5 Å². The van der Waals surface area contributed by atoms with Crippen LogP contribution in [0.5, 0.6) is 5.75 Å². The van der Waals surface area contributed by atoms with Gasteiger partial charge in [-0.05, 0) is 6.07 Å². The van der Waals surface area contributed by atoms with Crippen LogP contribution in [0.25, 0.3) is 0 Å². The van der Waals surface area contributed by atoms with E-state index in [-0.39, 0.29) is 18.3 Å². The first kappa shape index (κ1) is 13.6. The van der Waals surface area contributed by atoms with Gasteiger partial charge in [0.05, 0.1) is 15.1 Å². The maximum absolute atomic E-state index is 11.4. The summed E-state index contributed by atoms with van der Waals surface area (Å²) >= 11 is 17.5. The molecule has 0 heterocycles. The molecule has 0 aliphatic rings. The zero-order valence-corrected chi connectivity index (χ0v) is 11.2. The lowest BCUT2D eigenvalue weighted by Gasteiger charge is -2.09. The van der Waals surface area contributed by atoms with Crippen molar-refractivity contribution in [2.45, 2.75) is 13.8 Å². The van der Waals surface area contributed by atoms with Gasteiger partial charge in [0.2, 0.25) is 0 Å². The summed E-state index contributed by atoms with van der Waals surface area (Å²) in [6, 6.07) is 2.99. The monoisotopic (exact) mass is 280 g/mol. The molecule has 0 radical (unpaired) electrons. The highest BCUT2D eigenvalue weighted by molar-refractivity contribution is 6.43. The number of hydrogen-bond acceptors (Lipinski definition) is 2. The van der Waals surface area contributed by atoms with Gasteiger partial charge in [-0.15, -0.1) is 0 Å². The van der Waals surface area contributed by atoms with Gasteiger partial charge in [-0.1, -0.05) is 48.7 Å². The minimum atomic E-state index is -0.0680. The first-order valence-corrected chi connectivity index (χ1v) is 5.85. The number of halogens is 3. The van der Waals surface area contributed by atoms with Crippen LogP contribution in [0, 0.1) is 5.92 Å². The summed E-state index contributed by atoms with van der Waals surface area (Å²) in [4.78, 5) is 11.4. The van der Waals surface area contributed by atoms with E-state index >= 15 is 0 Å². The molecule has 0 spiro atoms. The zero-order valence-electron chi connectivity index (χ0n) is 8.89. The van der Waals surface area contributed by atoms with E-state index < -0.39 is 0 Å². The zero-order chi connectivity index (χ0) is 12.3. The molecule has 0 saturated carbocycles. The molecular weight excluding hydrogens is 270 g/mol. The van der Waals surface area contributed by atoms with Gasteiger partial charge in [0.1, 0.15) is 12.4 Å². The van der Waals surface area contributed by atoms with Crippen LogP contribution in [0.1, 0.15) is 13.8 Å². The molecule has 1 aromatic carbocycles. The number of Topliss-reactive ketones (excluding diaryl/α,β-unsaturated/α-hetero) is 1. The van der Waals surface area contributed by atoms with Crippen molar-refractivity contribution < 1.29 is 9.53 Å². The second-order valence-corrected chi connectivity index (χ2v) is 4.83. The Bertz CT molecular complexity index is 402. The van der Waals surface area contributed by atoms with Crippen LogP contribution in [0.3, 0.4) is 0 Å². The van der Waals surface area contributed by atoms with Gasteiger partial charge in [-0.3, -0.25) is 4.79 Å². The Balaban J connectivity index is 2.75. The summed E-state index contributed by atoms with van der Waals surface area (Å²) in [5, 5.41) is 1.04. The van der Waals surface area contributed by atoms with E-state index in [2.05, 4.69) is 0 Å². The van der Waals surface area contributed by atoms with Gasteiger partial charge in [0.25, 0.3) is 0 Å². The lowest BCUT2D eigenvalue weighted by molar-refractivity contribution is -0.123. The maximum atomic E-state index is 11.4. The van der Waals surface area contributed by atoms with E-state index in [0.717, 1.165) is 0 Å². The van der Waals surface area contributed by atoms with Gasteiger partial charge < -0.3 is 4.74 Å². The number of ketones is 1. The minimum Gasteiger partial charge on any atom is -0.484 e. The molecule has 1 rings (SSSR count). The number of hydrogen-bond donors (Lipinski definition) is 0.